The van der Waals surface area contributed by atoms with Crippen LogP contribution in [0.25, 0.3) is 0 Å². The molecule has 0 heterocycles. The monoisotopic (exact) mass is 237 g/mol. The molecule has 1 aromatic carbocycles. The van der Waals surface area contributed by atoms with Crippen LogP contribution in [0.3, 0.4) is 0 Å². The molecule has 1 aromatic rings. The molecule has 0 amide bonds. The van der Waals surface area contributed by atoms with Gasteiger partial charge in [-0.1, -0.05) is 0 Å². The van der Waals surface area contributed by atoms with Crippen LogP contribution >= 0.6 is 0 Å². The Morgan fingerprint density at radius 2 is 1.71 bits per heavy atom. The van der Waals surface area contributed by atoms with Gasteiger partial charge in [0.15, 0.2) is 0 Å². The average Bonchev–Trinajstić information content (AvgIpc) is 2.30. The van der Waals surface area contributed by atoms with Crippen LogP contribution in [0, 0.1) is 13.8 Å². The topological polar surface area (TPSA) is 21.7 Å². The molecule has 0 atom stereocenters. The fraction of sp³-hybridized carbons (Fsp3) is 0.571. The van der Waals surface area contributed by atoms with E-state index in [-0.39, 0.29) is 0 Å². The Labute approximate surface area is 104 Å². The fourth-order valence-electron chi connectivity index (χ4n) is 1.95. The van der Waals surface area contributed by atoms with Gasteiger partial charge in [0, 0.05) is 6.54 Å². The predicted molar refractivity (Wildman–Crippen MR) is 71.3 cm³/mol. The molecule has 3 heteroatoms. The number of hydrogen-bond donors (Lipinski definition) is 0. The van der Waals surface area contributed by atoms with Gasteiger partial charge in [0.1, 0.15) is 11.5 Å². The first-order valence-corrected chi connectivity index (χ1v) is 5.87. The van der Waals surface area contributed by atoms with E-state index >= 15 is 0 Å². The summed E-state index contributed by atoms with van der Waals surface area (Å²) in [6.07, 6.45) is 0.966. The van der Waals surface area contributed by atoms with Crippen molar-refractivity contribution in [3.05, 3.63) is 22.8 Å². The zero-order chi connectivity index (χ0) is 13.0. The molecule has 0 unspecified atom stereocenters. The molecular weight excluding hydrogens is 214 g/mol. The molecule has 1 rings (SSSR count). The van der Waals surface area contributed by atoms with Gasteiger partial charge in [-0.15, -0.1) is 0 Å². The zero-order valence-electron chi connectivity index (χ0n) is 11.8. The van der Waals surface area contributed by atoms with Crippen LogP contribution in [0.5, 0.6) is 11.5 Å². The molecule has 0 saturated carbocycles. The van der Waals surface area contributed by atoms with Crippen molar-refractivity contribution in [1.82, 2.24) is 4.90 Å². The van der Waals surface area contributed by atoms with Crippen LogP contribution in [0.1, 0.15) is 16.7 Å². The lowest BCUT2D eigenvalue weighted by atomic mass is 10.0. The van der Waals surface area contributed by atoms with Crippen molar-refractivity contribution in [2.45, 2.75) is 20.3 Å². The molecular formula is C14H23NO2. The molecule has 3 nitrogen and oxygen atoms in total. The second-order valence-corrected chi connectivity index (χ2v) is 4.57. The molecule has 0 N–H and O–H groups in total. The van der Waals surface area contributed by atoms with Gasteiger partial charge in [0.05, 0.1) is 14.2 Å². The highest BCUT2D eigenvalue weighted by Gasteiger charge is 2.13. The van der Waals surface area contributed by atoms with Crippen LogP contribution in [-0.2, 0) is 6.42 Å². The molecule has 0 radical (unpaired) electrons. The summed E-state index contributed by atoms with van der Waals surface area (Å²) >= 11 is 0. The molecule has 0 saturated heterocycles. The number of benzene rings is 1. The third-order valence-electron chi connectivity index (χ3n) is 3.12. The maximum Gasteiger partial charge on any atom is 0.125 e. The van der Waals surface area contributed by atoms with Gasteiger partial charge in [0.2, 0.25) is 0 Å². The highest BCUT2D eigenvalue weighted by molar-refractivity contribution is 5.52. The van der Waals surface area contributed by atoms with E-state index in [1.807, 2.05) is 0 Å². The minimum absolute atomic E-state index is 0.942. The summed E-state index contributed by atoms with van der Waals surface area (Å²) in [5.41, 5.74) is 3.53. The first-order valence-electron chi connectivity index (χ1n) is 5.87. The van der Waals surface area contributed by atoms with Crippen molar-refractivity contribution < 1.29 is 9.47 Å². The Morgan fingerprint density at radius 3 is 2.18 bits per heavy atom. The van der Waals surface area contributed by atoms with Crippen molar-refractivity contribution in [2.24, 2.45) is 0 Å². The Morgan fingerprint density at radius 1 is 1.06 bits per heavy atom. The van der Waals surface area contributed by atoms with Crippen molar-refractivity contribution in [3.63, 3.8) is 0 Å². The van der Waals surface area contributed by atoms with Gasteiger partial charge >= 0.3 is 0 Å². The minimum Gasteiger partial charge on any atom is -0.496 e. The van der Waals surface area contributed by atoms with E-state index in [4.69, 9.17) is 9.47 Å². The van der Waals surface area contributed by atoms with Crippen LogP contribution in [-0.4, -0.2) is 39.8 Å². The molecule has 0 bridgehead atoms. The van der Waals surface area contributed by atoms with Gasteiger partial charge in [-0.25, -0.2) is 0 Å². The second kappa shape index (κ2) is 5.92. The zero-order valence-corrected chi connectivity index (χ0v) is 11.8. The van der Waals surface area contributed by atoms with Gasteiger partial charge in [0.25, 0.3) is 0 Å². The van der Waals surface area contributed by atoms with E-state index in [0.717, 1.165) is 30.0 Å². The summed E-state index contributed by atoms with van der Waals surface area (Å²) in [6, 6.07) is 2.09. The van der Waals surface area contributed by atoms with Gasteiger partial charge < -0.3 is 14.4 Å². The fourth-order valence-corrected chi connectivity index (χ4v) is 1.95. The predicted octanol–water partition coefficient (Wildman–Crippen LogP) is 2.42. The Kier molecular flexibility index (Phi) is 4.82. The van der Waals surface area contributed by atoms with Crippen molar-refractivity contribution in [1.29, 1.82) is 0 Å². The molecule has 0 fully saturated rings. The van der Waals surface area contributed by atoms with Crippen molar-refractivity contribution in [3.8, 4) is 11.5 Å². The van der Waals surface area contributed by atoms with Crippen LogP contribution in [0.4, 0.5) is 0 Å². The first kappa shape index (κ1) is 13.8. The number of hydrogen-bond acceptors (Lipinski definition) is 3. The summed E-state index contributed by atoms with van der Waals surface area (Å²) in [4.78, 5) is 2.17. The maximum atomic E-state index is 5.51. The number of nitrogens with zero attached hydrogens (tertiary/aromatic N) is 1. The summed E-state index contributed by atoms with van der Waals surface area (Å²) in [5.74, 6) is 1.93. The molecule has 0 spiro atoms. The van der Waals surface area contributed by atoms with Crippen molar-refractivity contribution in [2.75, 3.05) is 34.9 Å². The molecule has 0 aliphatic carbocycles. The first-order chi connectivity index (χ1) is 8.01. The quantitative estimate of drug-likeness (QED) is 0.785. The summed E-state index contributed by atoms with van der Waals surface area (Å²) in [7, 11) is 7.59. The Hall–Kier alpha value is -1.22. The lowest BCUT2D eigenvalue weighted by molar-refractivity contribution is 0.382. The van der Waals surface area contributed by atoms with Crippen LogP contribution in [0.2, 0.25) is 0 Å². The average molecular weight is 237 g/mol. The largest absolute Gasteiger partial charge is 0.496 e. The summed E-state index contributed by atoms with van der Waals surface area (Å²) in [5, 5.41) is 0. The SMILES string of the molecule is COc1cc(CCN(C)C)c(OC)c(C)c1C. The maximum absolute atomic E-state index is 5.51. The minimum atomic E-state index is 0.942. The Balaban J connectivity index is 3.13. The van der Waals surface area contributed by atoms with E-state index in [9.17, 15) is 0 Å². The number of ether oxygens (including phenoxy) is 2. The highest BCUT2D eigenvalue weighted by atomic mass is 16.5. The number of rotatable bonds is 5. The van der Waals surface area contributed by atoms with E-state index in [2.05, 4.69) is 38.9 Å². The number of likely N-dealkylation sites (N-methyl/N-ethyl adjacent to an activating group) is 1. The van der Waals surface area contributed by atoms with Crippen LogP contribution < -0.4 is 9.47 Å². The van der Waals surface area contributed by atoms with Crippen LogP contribution in [0.15, 0.2) is 6.07 Å². The van der Waals surface area contributed by atoms with Gasteiger partial charge in [-0.05, 0) is 57.1 Å². The molecule has 0 aromatic heterocycles. The van der Waals surface area contributed by atoms with E-state index in [1.165, 1.54) is 11.1 Å². The van der Waals surface area contributed by atoms with Gasteiger partial charge in [-0.2, -0.15) is 0 Å². The third-order valence-corrected chi connectivity index (χ3v) is 3.12. The van der Waals surface area contributed by atoms with E-state index in [0.29, 0.717) is 0 Å². The summed E-state index contributed by atoms with van der Waals surface area (Å²) in [6.45, 7) is 5.14. The highest BCUT2D eigenvalue weighted by Crippen LogP contribution is 2.33. The van der Waals surface area contributed by atoms with Crippen molar-refractivity contribution >= 4 is 0 Å². The second-order valence-electron chi connectivity index (χ2n) is 4.57. The molecule has 0 aliphatic heterocycles. The lowest BCUT2D eigenvalue weighted by Gasteiger charge is -2.18. The number of methoxy groups -OCH3 is 2. The lowest BCUT2D eigenvalue weighted by Crippen LogP contribution is -2.15. The normalized spacial score (nSPS) is 10.8. The molecule has 17 heavy (non-hydrogen) atoms. The Bertz CT molecular complexity index is 386. The standard InChI is InChI=1S/C14H23NO2/c1-10-11(2)14(17-6)12(7-8-15(3)4)9-13(10)16-5/h9H,7-8H2,1-6H3. The summed E-state index contributed by atoms with van der Waals surface area (Å²) < 4.78 is 10.9. The van der Waals surface area contributed by atoms with E-state index in [1.54, 1.807) is 14.2 Å². The molecule has 96 valence electrons. The smallest absolute Gasteiger partial charge is 0.125 e. The van der Waals surface area contributed by atoms with E-state index < -0.39 is 0 Å². The molecule has 0 aliphatic rings. The van der Waals surface area contributed by atoms with Gasteiger partial charge in [-0.3, -0.25) is 0 Å². The third kappa shape index (κ3) is 3.13.